The minimum atomic E-state index is 0.996. The molecule has 1 aromatic heterocycles. The first-order valence-electron chi connectivity index (χ1n) is 5.17. The lowest BCUT2D eigenvalue weighted by atomic mass is 10.2. The Kier molecular flexibility index (Phi) is 4.44. The van der Waals surface area contributed by atoms with Crippen LogP contribution in [0.25, 0.3) is 0 Å². The van der Waals surface area contributed by atoms with Gasteiger partial charge in [-0.25, -0.2) is 9.97 Å². The average molecular weight is 178 g/mol. The van der Waals surface area contributed by atoms with Gasteiger partial charge in [0.25, 0.3) is 0 Å². The molecule has 0 aliphatic heterocycles. The van der Waals surface area contributed by atoms with E-state index in [2.05, 4.69) is 23.8 Å². The van der Waals surface area contributed by atoms with Crippen molar-refractivity contribution in [2.75, 3.05) is 0 Å². The van der Waals surface area contributed by atoms with Gasteiger partial charge in [0.1, 0.15) is 5.82 Å². The minimum Gasteiger partial charge on any atom is -0.241 e. The molecule has 2 heteroatoms. The number of hydrogen-bond acceptors (Lipinski definition) is 2. The molecule has 0 fully saturated rings. The lowest BCUT2D eigenvalue weighted by Gasteiger charge is -2.01. The van der Waals surface area contributed by atoms with E-state index in [0.29, 0.717) is 0 Å². The van der Waals surface area contributed by atoms with Crippen LogP contribution >= 0.6 is 0 Å². The number of unbranched alkanes of at least 4 members (excludes halogenated alkanes) is 1. The molecule has 0 saturated heterocycles. The fourth-order valence-electron chi connectivity index (χ4n) is 1.28. The van der Waals surface area contributed by atoms with E-state index in [0.717, 1.165) is 25.1 Å². The third-order valence-electron chi connectivity index (χ3n) is 2.02. The molecular weight excluding hydrogens is 160 g/mol. The van der Waals surface area contributed by atoms with Crippen LogP contribution in [0, 0.1) is 0 Å². The van der Waals surface area contributed by atoms with E-state index < -0.39 is 0 Å². The van der Waals surface area contributed by atoms with Gasteiger partial charge in [-0.15, -0.1) is 0 Å². The molecule has 0 aliphatic rings. The third kappa shape index (κ3) is 3.53. The van der Waals surface area contributed by atoms with Crippen LogP contribution in [-0.2, 0) is 12.8 Å². The Morgan fingerprint density at radius 2 is 2.00 bits per heavy atom. The summed E-state index contributed by atoms with van der Waals surface area (Å²) in [4.78, 5) is 8.71. The molecule has 0 bridgehead atoms. The van der Waals surface area contributed by atoms with Crippen LogP contribution < -0.4 is 0 Å². The highest BCUT2D eigenvalue weighted by molar-refractivity contribution is 5.02. The Morgan fingerprint density at radius 3 is 2.69 bits per heavy atom. The quantitative estimate of drug-likeness (QED) is 0.693. The zero-order valence-corrected chi connectivity index (χ0v) is 8.58. The standard InChI is InChI=1S/C11H18N2/c1-3-5-7-10-8-9-12-11(13-10)6-4-2/h8-9H,3-7H2,1-2H3. The van der Waals surface area contributed by atoms with Gasteiger partial charge in [-0.05, 0) is 25.3 Å². The molecule has 13 heavy (non-hydrogen) atoms. The predicted octanol–water partition coefficient (Wildman–Crippen LogP) is 2.77. The molecule has 0 aromatic carbocycles. The molecule has 0 saturated carbocycles. The van der Waals surface area contributed by atoms with Crippen molar-refractivity contribution >= 4 is 0 Å². The normalized spacial score (nSPS) is 10.3. The summed E-state index contributed by atoms with van der Waals surface area (Å²) in [6.45, 7) is 4.36. The van der Waals surface area contributed by atoms with E-state index in [1.165, 1.54) is 18.5 Å². The van der Waals surface area contributed by atoms with Crippen molar-refractivity contribution in [3.8, 4) is 0 Å². The summed E-state index contributed by atoms with van der Waals surface area (Å²) < 4.78 is 0. The maximum atomic E-state index is 4.49. The molecule has 1 rings (SSSR count). The Bertz CT molecular complexity index is 246. The highest BCUT2D eigenvalue weighted by Crippen LogP contribution is 2.02. The Labute approximate surface area is 80.4 Å². The van der Waals surface area contributed by atoms with E-state index in [1.807, 2.05) is 12.3 Å². The molecule has 0 N–H and O–H groups in total. The third-order valence-corrected chi connectivity index (χ3v) is 2.02. The summed E-state index contributed by atoms with van der Waals surface area (Å²) >= 11 is 0. The predicted molar refractivity (Wildman–Crippen MR) is 54.6 cm³/mol. The van der Waals surface area contributed by atoms with Gasteiger partial charge < -0.3 is 0 Å². The van der Waals surface area contributed by atoms with Crippen LogP contribution in [0.2, 0.25) is 0 Å². The summed E-state index contributed by atoms with van der Waals surface area (Å²) in [5.74, 6) is 0.996. The van der Waals surface area contributed by atoms with Crippen molar-refractivity contribution in [2.45, 2.75) is 46.0 Å². The van der Waals surface area contributed by atoms with E-state index >= 15 is 0 Å². The highest BCUT2D eigenvalue weighted by atomic mass is 14.9. The van der Waals surface area contributed by atoms with Gasteiger partial charge in [-0.1, -0.05) is 20.3 Å². The number of nitrogens with zero attached hydrogens (tertiary/aromatic N) is 2. The van der Waals surface area contributed by atoms with Crippen LogP contribution in [-0.4, -0.2) is 9.97 Å². The van der Waals surface area contributed by atoms with Crippen LogP contribution in [0.15, 0.2) is 12.3 Å². The zero-order chi connectivity index (χ0) is 9.52. The molecule has 1 heterocycles. The molecule has 0 atom stereocenters. The van der Waals surface area contributed by atoms with Crippen LogP contribution in [0.5, 0.6) is 0 Å². The molecule has 0 amide bonds. The van der Waals surface area contributed by atoms with Gasteiger partial charge in [0.05, 0.1) is 0 Å². The van der Waals surface area contributed by atoms with Gasteiger partial charge in [0.15, 0.2) is 0 Å². The first-order chi connectivity index (χ1) is 6.36. The smallest absolute Gasteiger partial charge is 0.128 e. The van der Waals surface area contributed by atoms with Gasteiger partial charge >= 0.3 is 0 Å². The monoisotopic (exact) mass is 178 g/mol. The van der Waals surface area contributed by atoms with Crippen LogP contribution in [0.4, 0.5) is 0 Å². The molecular formula is C11H18N2. The van der Waals surface area contributed by atoms with Crippen molar-refractivity contribution in [3.05, 3.63) is 23.8 Å². The maximum absolute atomic E-state index is 4.49. The van der Waals surface area contributed by atoms with Crippen molar-refractivity contribution in [1.29, 1.82) is 0 Å². The fraction of sp³-hybridized carbons (Fsp3) is 0.636. The summed E-state index contributed by atoms with van der Waals surface area (Å²) in [6.07, 6.45) is 7.55. The van der Waals surface area contributed by atoms with E-state index in [1.54, 1.807) is 0 Å². The summed E-state index contributed by atoms with van der Waals surface area (Å²) in [5.41, 5.74) is 1.19. The second-order valence-electron chi connectivity index (χ2n) is 3.32. The Morgan fingerprint density at radius 1 is 1.15 bits per heavy atom. The highest BCUT2D eigenvalue weighted by Gasteiger charge is 1.97. The Balaban J connectivity index is 2.56. The molecule has 0 radical (unpaired) electrons. The topological polar surface area (TPSA) is 25.8 Å². The van der Waals surface area contributed by atoms with Gasteiger partial charge in [0.2, 0.25) is 0 Å². The fourth-order valence-corrected chi connectivity index (χ4v) is 1.28. The van der Waals surface area contributed by atoms with Crippen LogP contribution in [0.1, 0.15) is 44.6 Å². The molecule has 0 aliphatic carbocycles. The van der Waals surface area contributed by atoms with Gasteiger partial charge in [0, 0.05) is 18.3 Å². The lowest BCUT2D eigenvalue weighted by Crippen LogP contribution is -1.98. The average Bonchev–Trinajstić information content (AvgIpc) is 2.16. The Hall–Kier alpha value is -0.920. The number of aromatic nitrogens is 2. The summed E-state index contributed by atoms with van der Waals surface area (Å²) in [5, 5.41) is 0. The summed E-state index contributed by atoms with van der Waals surface area (Å²) in [7, 11) is 0. The second-order valence-corrected chi connectivity index (χ2v) is 3.32. The minimum absolute atomic E-state index is 0.996. The van der Waals surface area contributed by atoms with Crippen molar-refractivity contribution in [2.24, 2.45) is 0 Å². The van der Waals surface area contributed by atoms with Gasteiger partial charge in [-0.3, -0.25) is 0 Å². The molecule has 1 aromatic rings. The maximum Gasteiger partial charge on any atom is 0.128 e. The second kappa shape index (κ2) is 5.68. The number of aryl methyl sites for hydroxylation is 2. The van der Waals surface area contributed by atoms with E-state index in [9.17, 15) is 0 Å². The first kappa shape index (κ1) is 10.2. The number of rotatable bonds is 5. The van der Waals surface area contributed by atoms with E-state index in [4.69, 9.17) is 0 Å². The molecule has 72 valence electrons. The molecule has 2 nitrogen and oxygen atoms in total. The molecule has 0 spiro atoms. The van der Waals surface area contributed by atoms with Crippen molar-refractivity contribution in [1.82, 2.24) is 9.97 Å². The van der Waals surface area contributed by atoms with Crippen molar-refractivity contribution < 1.29 is 0 Å². The largest absolute Gasteiger partial charge is 0.241 e. The number of hydrogen-bond donors (Lipinski definition) is 0. The SMILES string of the molecule is CCCCc1ccnc(CCC)n1. The van der Waals surface area contributed by atoms with Gasteiger partial charge in [-0.2, -0.15) is 0 Å². The van der Waals surface area contributed by atoms with Crippen LogP contribution in [0.3, 0.4) is 0 Å². The van der Waals surface area contributed by atoms with Crippen molar-refractivity contribution in [3.63, 3.8) is 0 Å². The lowest BCUT2D eigenvalue weighted by molar-refractivity contribution is 0.750. The van der Waals surface area contributed by atoms with E-state index in [-0.39, 0.29) is 0 Å². The first-order valence-corrected chi connectivity index (χ1v) is 5.17. The molecule has 0 unspecified atom stereocenters. The summed E-state index contributed by atoms with van der Waals surface area (Å²) in [6, 6.07) is 2.02. The zero-order valence-electron chi connectivity index (χ0n) is 8.58.